The second-order valence-electron chi connectivity index (χ2n) is 8.42. The highest BCUT2D eigenvalue weighted by atomic mass is 19.3. The average Bonchev–Trinajstić information content (AvgIpc) is 3.36. The highest BCUT2D eigenvalue weighted by Crippen LogP contribution is 2.37. The molecule has 1 aromatic carbocycles. The van der Waals surface area contributed by atoms with E-state index >= 15 is 0 Å². The van der Waals surface area contributed by atoms with Crippen molar-refractivity contribution in [2.75, 3.05) is 31.1 Å². The first-order valence-corrected chi connectivity index (χ1v) is 9.47. The van der Waals surface area contributed by atoms with Crippen LogP contribution >= 0.6 is 0 Å². The molecule has 0 N–H and O–H groups in total. The molecule has 2 aliphatic rings. The van der Waals surface area contributed by atoms with Crippen LogP contribution in [0.1, 0.15) is 40.5 Å². The monoisotopic (exact) mass is 368 g/mol. The Morgan fingerprint density at radius 2 is 1.88 bits per heavy atom. The third-order valence-electron chi connectivity index (χ3n) is 5.17. The molecule has 146 valence electrons. The van der Waals surface area contributed by atoms with Gasteiger partial charge in [0, 0.05) is 43.0 Å². The van der Waals surface area contributed by atoms with E-state index in [0.29, 0.717) is 24.3 Å². The third kappa shape index (κ3) is 4.78. The standard InChI is InChI=1S/C20H30F2N2O2/c1-14-12-23(9-10-24(14)20(2,3)4)16-7-8-17(26-19(21)22)18(11-16)25-13-15-5-6-15/h7-8,11,14-15,19H,5-6,9-10,12-13H2,1-4H3/t14-/m1/s1. The molecular formula is C20H30F2N2O2. The van der Waals surface area contributed by atoms with Crippen LogP contribution in [0.4, 0.5) is 14.5 Å². The number of rotatable bonds is 6. The van der Waals surface area contributed by atoms with Gasteiger partial charge < -0.3 is 14.4 Å². The maximum absolute atomic E-state index is 12.7. The van der Waals surface area contributed by atoms with E-state index in [9.17, 15) is 8.78 Å². The van der Waals surface area contributed by atoms with Gasteiger partial charge in [-0.15, -0.1) is 0 Å². The number of alkyl halides is 2. The SMILES string of the molecule is C[C@@H]1CN(c2ccc(OC(F)F)c(OCC3CC3)c2)CCN1C(C)(C)C. The van der Waals surface area contributed by atoms with Crippen molar-refractivity contribution in [1.82, 2.24) is 4.90 Å². The summed E-state index contributed by atoms with van der Waals surface area (Å²) >= 11 is 0. The minimum Gasteiger partial charge on any atom is -0.489 e. The number of hydrogen-bond acceptors (Lipinski definition) is 4. The largest absolute Gasteiger partial charge is 0.489 e. The molecule has 1 saturated carbocycles. The molecule has 3 rings (SSSR count). The van der Waals surface area contributed by atoms with Crippen LogP contribution in [0.5, 0.6) is 11.5 Å². The molecule has 0 radical (unpaired) electrons. The number of hydrogen-bond donors (Lipinski definition) is 0. The number of ether oxygens (including phenoxy) is 2. The van der Waals surface area contributed by atoms with Crippen LogP contribution in [0.2, 0.25) is 0 Å². The number of benzene rings is 1. The Labute approximate surface area is 155 Å². The molecule has 1 saturated heterocycles. The van der Waals surface area contributed by atoms with E-state index in [0.717, 1.165) is 38.2 Å². The number of nitrogens with zero attached hydrogens (tertiary/aromatic N) is 2. The molecule has 0 bridgehead atoms. The summed E-state index contributed by atoms with van der Waals surface area (Å²) < 4.78 is 35.8. The van der Waals surface area contributed by atoms with Crippen molar-refractivity contribution >= 4 is 5.69 Å². The van der Waals surface area contributed by atoms with Crippen LogP contribution in [0.15, 0.2) is 18.2 Å². The van der Waals surface area contributed by atoms with Crippen LogP contribution in [0.3, 0.4) is 0 Å². The van der Waals surface area contributed by atoms with E-state index in [1.807, 2.05) is 12.1 Å². The molecular weight excluding hydrogens is 338 g/mol. The van der Waals surface area contributed by atoms with Gasteiger partial charge in [0.25, 0.3) is 0 Å². The smallest absolute Gasteiger partial charge is 0.387 e. The lowest BCUT2D eigenvalue weighted by molar-refractivity contribution is -0.0515. The normalized spacial score (nSPS) is 22.0. The van der Waals surface area contributed by atoms with E-state index in [-0.39, 0.29) is 11.3 Å². The molecule has 2 fully saturated rings. The van der Waals surface area contributed by atoms with E-state index < -0.39 is 6.61 Å². The minimum absolute atomic E-state index is 0.116. The van der Waals surface area contributed by atoms with Crippen LogP contribution in [-0.4, -0.2) is 49.3 Å². The summed E-state index contributed by atoms with van der Waals surface area (Å²) in [5, 5.41) is 0. The summed E-state index contributed by atoms with van der Waals surface area (Å²) in [6, 6.07) is 5.71. The third-order valence-corrected chi connectivity index (χ3v) is 5.17. The molecule has 1 heterocycles. The molecule has 4 nitrogen and oxygen atoms in total. The van der Waals surface area contributed by atoms with E-state index in [2.05, 4.69) is 42.2 Å². The van der Waals surface area contributed by atoms with Gasteiger partial charge in [-0.2, -0.15) is 8.78 Å². The number of halogens is 2. The zero-order chi connectivity index (χ0) is 18.9. The molecule has 1 aliphatic carbocycles. The lowest BCUT2D eigenvalue weighted by Crippen LogP contribution is -2.58. The Kier molecular flexibility index (Phi) is 5.61. The summed E-state index contributed by atoms with van der Waals surface area (Å²) in [4.78, 5) is 4.80. The van der Waals surface area contributed by atoms with Gasteiger partial charge in [-0.1, -0.05) is 0 Å². The Bertz CT molecular complexity index is 614. The quantitative estimate of drug-likeness (QED) is 0.744. The average molecular weight is 368 g/mol. The first-order valence-electron chi connectivity index (χ1n) is 9.47. The molecule has 1 aliphatic heterocycles. The Balaban J connectivity index is 1.73. The molecule has 26 heavy (non-hydrogen) atoms. The van der Waals surface area contributed by atoms with Crippen molar-refractivity contribution in [2.45, 2.75) is 58.7 Å². The first kappa shape index (κ1) is 19.2. The molecule has 0 unspecified atom stereocenters. The summed E-state index contributed by atoms with van der Waals surface area (Å²) in [7, 11) is 0. The molecule has 6 heteroatoms. The van der Waals surface area contributed by atoms with Gasteiger partial charge in [0.2, 0.25) is 0 Å². The Morgan fingerprint density at radius 3 is 2.46 bits per heavy atom. The second-order valence-corrected chi connectivity index (χ2v) is 8.42. The van der Waals surface area contributed by atoms with Gasteiger partial charge in [0.1, 0.15) is 0 Å². The van der Waals surface area contributed by atoms with Crippen molar-refractivity contribution in [3.63, 3.8) is 0 Å². The van der Waals surface area contributed by atoms with Gasteiger partial charge in [-0.05, 0) is 58.6 Å². The highest BCUT2D eigenvalue weighted by molar-refractivity contribution is 5.57. The minimum atomic E-state index is -2.85. The fourth-order valence-electron chi connectivity index (χ4n) is 3.68. The molecule has 1 aromatic rings. The maximum atomic E-state index is 12.7. The molecule has 1 atom stereocenters. The van der Waals surface area contributed by atoms with Crippen molar-refractivity contribution < 1.29 is 18.3 Å². The fourth-order valence-corrected chi connectivity index (χ4v) is 3.68. The fraction of sp³-hybridized carbons (Fsp3) is 0.700. The zero-order valence-corrected chi connectivity index (χ0v) is 16.2. The lowest BCUT2D eigenvalue weighted by atomic mass is 10.0. The van der Waals surface area contributed by atoms with Crippen LogP contribution < -0.4 is 14.4 Å². The lowest BCUT2D eigenvalue weighted by Gasteiger charge is -2.47. The summed E-state index contributed by atoms with van der Waals surface area (Å²) in [5.74, 6) is 1.08. The van der Waals surface area contributed by atoms with E-state index in [1.54, 1.807) is 6.07 Å². The molecule has 0 spiro atoms. The van der Waals surface area contributed by atoms with Crippen LogP contribution in [0, 0.1) is 5.92 Å². The summed E-state index contributed by atoms with van der Waals surface area (Å²) in [6.45, 7) is 9.43. The summed E-state index contributed by atoms with van der Waals surface area (Å²) in [5.41, 5.74) is 1.14. The number of anilines is 1. The predicted molar refractivity (Wildman–Crippen MR) is 99.4 cm³/mol. The Hall–Kier alpha value is -1.56. The van der Waals surface area contributed by atoms with E-state index in [4.69, 9.17) is 4.74 Å². The van der Waals surface area contributed by atoms with Gasteiger partial charge in [-0.3, -0.25) is 4.90 Å². The second kappa shape index (κ2) is 7.59. The molecule has 0 amide bonds. The summed E-state index contributed by atoms with van der Waals surface area (Å²) in [6.07, 6.45) is 2.30. The Morgan fingerprint density at radius 1 is 1.15 bits per heavy atom. The zero-order valence-electron chi connectivity index (χ0n) is 16.2. The van der Waals surface area contributed by atoms with Gasteiger partial charge in [-0.25, -0.2) is 0 Å². The van der Waals surface area contributed by atoms with Crippen molar-refractivity contribution in [3.8, 4) is 11.5 Å². The van der Waals surface area contributed by atoms with Crippen molar-refractivity contribution in [1.29, 1.82) is 0 Å². The predicted octanol–water partition coefficient (Wildman–Crippen LogP) is 4.39. The van der Waals surface area contributed by atoms with Crippen LogP contribution in [-0.2, 0) is 0 Å². The molecule has 0 aromatic heterocycles. The van der Waals surface area contributed by atoms with Gasteiger partial charge >= 0.3 is 6.61 Å². The van der Waals surface area contributed by atoms with Crippen molar-refractivity contribution in [2.24, 2.45) is 5.92 Å². The van der Waals surface area contributed by atoms with Crippen LogP contribution in [0.25, 0.3) is 0 Å². The first-order chi connectivity index (χ1) is 12.2. The number of piperazine rings is 1. The van der Waals surface area contributed by atoms with Gasteiger partial charge in [0.15, 0.2) is 11.5 Å². The maximum Gasteiger partial charge on any atom is 0.387 e. The highest BCUT2D eigenvalue weighted by Gasteiger charge is 2.31. The topological polar surface area (TPSA) is 24.9 Å². The van der Waals surface area contributed by atoms with Crippen molar-refractivity contribution in [3.05, 3.63) is 18.2 Å². The van der Waals surface area contributed by atoms with E-state index in [1.165, 1.54) is 0 Å². The van der Waals surface area contributed by atoms with Gasteiger partial charge in [0.05, 0.1) is 6.61 Å².